The van der Waals surface area contributed by atoms with Crippen LogP contribution < -0.4 is 10.6 Å². The molecule has 0 heterocycles. The average Bonchev–Trinajstić information content (AvgIpc) is 2.33. The Morgan fingerprint density at radius 3 is 2.29 bits per heavy atom. The lowest BCUT2D eigenvalue weighted by molar-refractivity contribution is -0.199. The molecule has 0 spiro atoms. The number of alkyl halides is 3. The lowest BCUT2D eigenvalue weighted by Crippen LogP contribution is -2.46. The highest BCUT2D eigenvalue weighted by atomic mass is 19.4. The molecule has 4 nitrogen and oxygen atoms in total. The fraction of sp³-hybridized carbons (Fsp3) is 0.929. The second-order valence-corrected chi connectivity index (χ2v) is 6.04. The zero-order valence-corrected chi connectivity index (χ0v) is 12.9. The molecule has 0 saturated heterocycles. The van der Waals surface area contributed by atoms with Crippen molar-refractivity contribution in [1.29, 1.82) is 0 Å². The van der Waals surface area contributed by atoms with Gasteiger partial charge in [0.25, 0.3) is 0 Å². The van der Waals surface area contributed by atoms with Gasteiger partial charge in [-0.15, -0.1) is 0 Å². The van der Waals surface area contributed by atoms with Crippen LogP contribution in [-0.2, 0) is 0 Å². The van der Waals surface area contributed by atoms with Gasteiger partial charge in [0.15, 0.2) is 12.1 Å². The van der Waals surface area contributed by atoms with Crippen molar-refractivity contribution in [3.05, 3.63) is 0 Å². The quantitative estimate of drug-likeness (QED) is 0.552. The van der Waals surface area contributed by atoms with Crippen molar-refractivity contribution in [3.63, 3.8) is 0 Å². The van der Waals surface area contributed by atoms with E-state index in [1.54, 1.807) is 0 Å². The van der Waals surface area contributed by atoms with Crippen LogP contribution in [0.3, 0.4) is 0 Å². The van der Waals surface area contributed by atoms with Crippen LogP contribution in [0.25, 0.3) is 0 Å². The molecule has 0 aromatic heterocycles. The molecule has 1 aliphatic rings. The summed E-state index contributed by atoms with van der Waals surface area (Å²) in [7, 11) is 0. The van der Waals surface area contributed by atoms with E-state index < -0.39 is 18.8 Å². The van der Waals surface area contributed by atoms with E-state index in [0.29, 0.717) is 24.3 Å². The van der Waals surface area contributed by atoms with Crippen LogP contribution in [0.1, 0.15) is 40.0 Å². The number of nitrogens with one attached hydrogen (secondary N) is 2. The monoisotopic (exact) mass is 309 g/mol. The Morgan fingerprint density at radius 2 is 1.81 bits per heavy atom. The van der Waals surface area contributed by atoms with Gasteiger partial charge in [-0.1, -0.05) is 13.8 Å². The topological polar surface area (TPSA) is 56.7 Å². The molecule has 3 unspecified atom stereocenters. The summed E-state index contributed by atoms with van der Waals surface area (Å²) in [4.78, 5) is 3.85. The minimum atomic E-state index is -4.63. The number of nitrogens with zero attached hydrogens (tertiary/aromatic N) is 1. The standard InChI is InChI=1S/C14H26F3N3O/c1-4-18-13(19-8-12(21)14(15,16)17)20-11-6-9(2)5-10(3)7-11/h9-12,21H,4-8H2,1-3H3,(H2,18,19,20). The molecule has 0 aliphatic heterocycles. The number of guanidine groups is 1. The van der Waals surface area contributed by atoms with Crippen molar-refractivity contribution in [3.8, 4) is 0 Å². The summed E-state index contributed by atoms with van der Waals surface area (Å²) in [6, 6.07) is 0.213. The maximum absolute atomic E-state index is 12.3. The van der Waals surface area contributed by atoms with Crippen LogP contribution in [0.5, 0.6) is 0 Å². The molecule has 7 heteroatoms. The third-order valence-electron chi connectivity index (χ3n) is 3.66. The summed E-state index contributed by atoms with van der Waals surface area (Å²) in [5.41, 5.74) is 0. The number of hydrogen-bond donors (Lipinski definition) is 3. The molecule has 1 aliphatic carbocycles. The Labute approximate surface area is 124 Å². The van der Waals surface area contributed by atoms with Gasteiger partial charge in [-0.2, -0.15) is 13.2 Å². The molecular formula is C14H26F3N3O. The Hall–Kier alpha value is -0.980. The molecule has 1 rings (SSSR count). The number of aliphatic hydroxyl groups is 1. The molecule has 0 bridgehead atoms. The van der Waals surface area contributed by atoms with Gasteiger partial charge < -0.3 is 15.7 Å². The van der Waals surface area contributed by atoms with Crippen LogP contribution in [0.2, 0.25) is 0 Å². The second kappa shape index (κ2) is 7.87. The van der Waals surface area contributed by atoms with E-state index in [1.165, 1.54) is 6.42 Å². The van der Waals surface area contributed by atoms with Gasteiger partial charge >= 0.3 is 6.18 Å². The van der Waals surface area contributed by atoms with Gasteiger partial charge in [-0.3, -0.25) is 4.99 Å². The number of halogens is 3. The Morgan fingerprint density at radius 1 is 1.24 bits per heavy atom. The van der Waals surface area contributed by atoms with E-state index >= 15 is 0 Å². The van der Waals surface area contributed by atoms with Crippen molar-refractivity contribution < 1.29 is 18.3 Å². The minimum Gasteiger partial charge on any atom is -0.382 e. The summed E-state index contributed by atoms with van der Waals surface area (Å²) in [5.74, 6) is 1.52. The van der Waals surface area contributed by atoms with Gasteiger partial charge in [0.2, 0.25) is 0 Å². The minimum absolute atomic E-state index is 0.213. The lowest BCUT2D eigenvalue weighted by Gasteiger charge is -2.33. The largest absolute Gasteiger partial charge is 0.416 e. The molecule has 3 N–H and O–H groups in total. The van der Waals surface area contributed by atoms with Crippen molar-refractivity contribution in [2.24, 2.45) is 16.8 Å². The van der Waals surface area contributed by atoms with Gasteiger partial charge in [0.05, 0.1) is 6.54 Å². The molecule has 0 amide bonds. The summed E-state index contributed by atoms with van der Waals surface area (Å²) in [6.07, 6.45) is -3.90. The van der Waals surface area contributed by atoms with Crippen LogP contribution in [-0.4, -0.2) is 42.5 Å². The van der Waals surface area contributed by atoms with Crippen molar-refractivity contribution in [2.45, 2.75) is 58.4 Å². The van der Waals surface area contributed by atoms with Gasteiger partial charge in [0.1, 0.15) is 0 Å². The van der Waals surface area contributed by atoms with E-state index in [4.69, 9.17) is 5.11 Å². The molecule has 21 heavy (non-hydrogen) atoms. The fourth-order valence-corrected chi connectivity index (χ4v) is 2.86. The van der Waals surface area contributed by atoms with Crippen molar-refractivity contribution in [2.75, 3.05) is 13.1 Å². The van der Waals surface area contributed by atoms with E-state index in [-0.39, 0.29) is 6.04 Å². The predicted octanol–water partition coefficient (Wildman–Crippen LogP) is 2.29. The molecule has 0 radical (unpaired) electrons. The molecule has 124 valence electrons. The van der Waals surface area contributed by atoms with E-state index in [0.717, 1.165) is 12.8 Å². The number of aliphatic imine (C=N–C) groups is 1. The number of rotatable bonds is 4. The van der Waals surface area contributed by atoms with Gasteiger partial charge in [-0.05, 0) is 38.0 Å². The number of hydrogen-bond acceptors (Lipinski definition) is 2. The second-order valence-electron chi connectivity index (χ2n) is 6.04. The highest BCUT2D eigenvalue weighted by molar-refractivity contribution is 5.80. The first kappa shape index (κ1) is 18.1. The first-order valence-corrected chi connectivity index (χ1v) is 7.52. The first-order chi connectivity index (χ1) is 9.72. The van der Waals surface area contributed by atoms with E-state index in [9.17, 15) is 13.2 Å². The zero-order chi connectivity index (χ0) is 16.0. The molecule has 1 fully saturated rings. The summed E-state index contributed by atoms with van der Waals surface area (Å²) in [5, 5.41) is 15.1. The Kier molecular flexibility index (Phi) is 6.77. The van der Waals surface area contributed by atoms with Crippen LogP contribution >= 0.6 is 0 Å². The van der Waals surface area contributed by atoms with Crippen molar-refractivity contribution in [1.82, 2.24) is 10.6 Å². The molecule has 3 atom stereocenters. The summed E-state index contributed by atoms with van der Waals surface area (Å²) < 4.78 is 36.9. The van der Waals surface area contributed by atoms with Crippen LogP contribution in [0, 0.1) is 11.8 Å². The molecule has 0 aromatic carbocycles. The smallest absolute Gasteiger partial charge is 0.382 e. The molecular weight excluding hydrogens is 283 g/mol. The highest BCUT2D eigenvalue weighted by Gasteiger charge is 2.38. The lowest BCUT2D eigenvalue weighted by atomic mass is 9.80. The summed E-state index contributed by atoms with van der Waals surface area (Å²) >= 11 is 0. The van der Waals surface area contributed by atoms with E-state index in [1.807, 2.05) is 6.92 Å². The average molecular weight is 309 g/mol. The van der Waals surface area contributed by atoms with Gasteiger partial charge in [-0.25, -0.2) is 0 Å². The summed E-state index contributed by atoms with van der Waals surface area (Å²) in [6.45, 7) is 6.09. The third kappa shape index (κ3) is 6.54. The Balaban J connectivity index is 2.60. The zero-order valence-electron chi connectivity index (χ0n) is 12.9. The van der Waals surface area contributed by atoms with Crippen LogP contribution in [0.15, 0.2) is 4.99 Å². The van der Waals surface area contributed by atoms with E-state index in [2.05, 4.69) is 29.5 Å². The molecule has 0 aromatic rings. The SMILES string of the molecule is CCNC(=NCC(O)C(F)(F)F)NC1CC(C)CC(C)C1. The van der Waals surface area contributed by atoms with Gasteiger partial charge in [0, 0.05) is 12.6 Å². The third-order valence-corrected chi connectivity index (χ3v) is 3.66. The van der Waals surface area contributed by atoms with Crippen LogP contribution in [0.4, 0.5) is 13.2 Å². The number of aliphatic hydroxyl groups excluding tert-OH is 1. The Bertz CT molecular complexity index is 337. The first-order valence-electron chi connectivity index (χ1n) is 7.52. The normalized spacial score (nSPS) is 29.1. The maximum atomic E-state index is 12.3. The molecule has 1 saturated carbocycles. The highest BCUT2D eigenvalue weighted by Crippen LogP contribution is 2.28. The fourth-order valence-electron chi connectivity index (χ4n) is 2.86. The maximum Gasteiger partial charge on any atom is 0.416 e. The van der Waals surface area contributed by atoms with Crippen molar-refractivity contribution >= 4 is 5.96 Å². The predicted molar refractivity (Wildman–Crippen MR) is 77.1 cm³/mol.